The van der Waals surface area contributed by atoms with E-state index in [1.54, 1.807) is 0 Å². The maximum Gasteiger partial charge on any atom is 0.228 e. The van der Waals surface area contributed by atoms with Crippen LogP contribution in [0.3, 0.4) is 0 Å². The second-order valence-corrected chi connectivity index (χ2v) is 8.16. The monoisotopic (exact) mass is 398 g/mol. The van der Waals surface area contributed by atoms with E-state index in [4.69, 9.17) is 4.74 Å². The lowest BCUT2D eigenvalue weighted by atomic mass is 10.0. The van der Waals surface area contributed by atoms with Gasteiger partial charge in [0.2, 0.25) is 5.91 Å². The molecular weight excluding hydrogens is 368 g/mol. The van der Waals surface area contributed by atoms with Gasteiger partial charge in [-0.05, 0) is 45.3 Å². The molecule has 0 bridgehead atoms. The molecular formula is C21H30N6O2. The molecule has 0 radical (unpaired) electrons. The minimum absolute atomic E-state index is 0.0450. The molecule has 1 aromatic heterocycles. The molecule has 0 spiro atoms. The summed E-state index contributed by atoms with van der Waals surface area (Å²) in [5, 5.41) is 8.61. The Morgan fingerprint density at radius 3 is 2.34 bits per heavy atom. The summed E-state index contributed by atoms with van der Waals surface area (Å²) in [6.07, 6.45) is 1.97. The second-order valence-electron chi connectivity index (χ2n) is 8.16. The van der Waals surface area contributed by atoms with Crippen molar-refractivity contribution in [2.24, 2.45) is 5.92 Å². The predicted molar refractivity (Wildman–Crippen MR) is 111 cm³/mol. The Kier molecular flexibility index (Phi) is 5.82. The highest BCUT2D eigenvalue weighted by atomic mass is 16.5. The van der Waals surface area contributed by atoms with Crippen molar-refractivity contribution in [1.82, 2.24) is 29.7 Å². The van der Waals surface area contributed by atoms with E-state index in [9.17, 15) is 4.79 Å². The number of benzene rings is 1. The fourth-order valence-electron chi connectivity index (χ4n) is 4.03. The number of likely N-dealkylation sites (N-methyl/N-ethyl adjacent to an activating group) is 2. The SMILES string of the molecule is CCOc1ccc(-c2cn(C3CN(C(=O)C4CN(C)CCN(C)C4)C3)nn2)cc1. The third-order valence-electron chi connectivity index (χ3n) is 5.80. The summed E-state index contributed by atoms with van der Waals surface area (Å²) >= 11 is 0. The van der Waals surface area contributed by atoms with Crippen molar-refractivity contribution in [2.75, 3.05) is 60.0 Å². The molecule has 1 amide bonds. The summed E-state index contributed by atoms with van der Waals surface area (Å²) in [7, 11) is 4.19. The van der Waals surface area contributed by atoms with Gasteiger partial charge >= 0.3 is 0 Å². The maximum atomic E-state index is 12.9. The van der Waals surface area contributed by atoms with Gasteiger partial charge in [-0.2, -0.15) is 0 Å². The third kappa shape index (κ3) is 4.43. The van der Waals surface area contributed by atoms with E-state index in [0.29, 0.717) is 19.7 Å². The lowest BCUT2D eigenvalue weighted by molar-refractivity contribution is -0.142. The average molecular weight is 399 g/mol. The lowest BCUT2D eigenvalue weighted by Gasteiger charge is -2.41. The predicted octanol–water partition coefficient (Wildman–Crippen LogP) is 1.22. The number of hydrogen-bond donors (Lipinski definition) is 0. The van der Waals surface area contributed by atoms with Crippen molar-refractivity contribution in [3.63, 3.8) is 0 Å². The van der Waals surface area contributed by atoms with Gasteiger partial charge in [0.15, 0.2) is 0 Å². The average Bonchev–Trinajstić information content (AvgIpc) is 3.08. The molecule has 2 saturated heterocycles. The highest BCUT2D eigenvalue weighted by Gasteiger charge is 2.37. The maximum absolute atomic E-state index is 12.9. The Labute approximate surface area is 172 Å². The van der Waals surface area contributed by atoms with Crippen LogP contribution in [0.5, 0.6) is 5.75 Å². The highest BCUT2D eigenvalue weighted by molar-refractivity contribution is 5.80. The van der Waals surface area contributed by atoms with Gasteiger partial charge < -0.3 is 19.4 Å². The quantitative estimate of drug-likeness (QED) is 0.755. The summed E-state index contributed by atoms with van der Waals surface area (Å²) < 4.78 is 7.38. The number of nitrogens with zero attached hydrogens (tertiary/aromatic N) is 6. The van der Waals surface area contributed by atoms with E-state index in [0.717, 1.165) is 43.2 Å². The van der Waals surface area contributed by atoms with E-state index in [1.807, 2.05) is 47.0 Å². The number of aromatic nitrogens is 3. The van der Waals surface area contributed by atoms with Crippen molar-refractivity contribution in [2.45, 2.75) is 13.0 Å². The van der Waals surface area contributed by atoms with Gasteiger partial charge in [0.05, 0.1) is 24.8 Å². The molecule has 0 saturated carbocycles. The van der Waals surface area contributed by atoms with E-state index >= 15 is 0 Å². The van der Waals surface area contributed by atoms with E-state index in [2.05, 4.69) is 34.2 Å². The Balaban J connectivity index is 1.34. The molecule has 29 heavy (non-hydrogen) atoms. The molecule has 2 fully saturated rings. The molecule has 0 N–H and O–H groups in total. The lowest BCUT2D eigenvalue weighted by Crippen LogP contribution is -2.54. The van der Waals surface area contributed by atoms with Crippen LogP contribution in [0.4, 0.5) is 0 Å². The second kappa shape index (κ2) is 8.51. The van der Waals surface area contributed by atoms with Gasteiger partial charge in [-0.3, -0.25) is 4.79 Å². The molecule has 156 valence electrons. The van der Waals surface area contributed by atoms with Crippen LogP contribution >= 0.6 is 0 Å². The minimum atomic E-state index is 0.0450. The van der Waals surface area contributed by atoms with Crippen molar-refractivity contribution < 1.29 is 9.53 Å². The molecule has 0 unspecified atom stereocenters. The van der Waals surface area contributed by atoms with Crippen LogP contribution in [0.25, 0.3) is 11.3 Å². The Bertz CT molecular complexity index is 818. The number of hydrogen-bond acceptors (Lipinski definition) is 6. The van der Waals surface area contributed by atoms with Crippen molar-refractivity contribution in [1.29, 1.82) is 0 Å². The first kappa shape index (κ1) is 19.8. The topological polar surface area (TPSA) is 66.7 Å². The zero-order valence-electron chi connectivity index (χ0n) is 17.5. The molecule has 1 aromatic carbocycles. The molecule has 2 aromatic rings. The number of likely N-dealkylation sites (tertiary alicyclic amines) is 1. The van der Waals surface area contributed by atoms with Crippen molar-refractivity contribution in [3.05, 3.63) is 30.5 Å². The molecule has 4 rings (SSSR count). The molecule has 2 aliphatic rings. The van der Waals surface area contributed by atoms with Gasteiger partial charge in [-0.1, -0.05) is 5.21 Å². The largest absolute Gasteiger partial charge is 0.494 e. The fourth-order valence-corrected chi connectivity index (χ4v) is 4.03. The zero-order valence-corrected chi connectivity index (χ0v) is 17.5. The van der Waals surface area contributed by atoms with Crippen LogP contribution < -0.4 is 4.74 Å². The van der Waals surface area contributed by atoms with Gasteiger partial charge in [0.25, 0.3) is 0 Å². The van der Waals surface area contributed by atoms with Crippen LogP contribution in [0, 0.1) is 5.92 Å². The highest BCUT2D eigenvalue weighted by Crippen LogP contribution is 2.26. The van der Waals surface area contributed by atoms with Gasteiger partial charge in [0.1, 0.15) is 11.4 Å². The summed E-state index contributed by atoms with van der Waals surface area (Å²) in [5.41, 5.74) is 1.85. The number of amides is 1. The van der Waals surface area contributed by atoms with E-state index in [1.165, 1.54) is 0 Å². The van der Waals surface area contributed by atoms with E-state index < -0.39 is 0 Å². The van der Waals surface area contributed by atoms with Crippen LogP contribution in [-0.2, 0) is 4.79 Å². The molecule has 0 atom stereocenters. The summed E-state index contributed by atoms with van der Waals surface area (Å²) in [6.45, 7) is 7.71. The first-order chi connectivity index (χ1) is 14.0. The number of carbonyl (C=O) groups excluding carboxylic acids is 1. The normalized spacial score (nSPS) is 19.8. The van der Waals surface area contributed by atoms with Crippen LogP contribution in [-0.4, -0.2) is 95.6 Å². The fraction of sp³-hybridized carbons (Fsp3) is 0.571. The molecule has 0 aliphatic carbocycles. The zero-order chi connectivity index (χ0) is 20.4. The van der Waals surface area contributed by atoms with Crippen molar-refractivity contribution >= 4 is 5.91 Å². The summed E-state index contributed by atoms with van der Waals surface area (Å²) in [6, 6.07) is 8.08. The molecule has 3 heterocycles. The first-order valence-corrected chi connectivity index (χ1v) is 10.3. The number of ether oxygens (including phenoxy) is 1. The van der Waals surface area contributed by atoms with Crippen LogP contribution in [0.1, 0.15) is 13.0 Å². The van der Waals surface area contributed by atoms with Gasteiger partial charge in [0, 0.05) is 44.8 Å². The molecule has 2 aliphatic heterocycles. The summed E-state index contributed by atoms with van der Waals surface area (Å²) in [4.78, 5) is 19.4. The smallest absolute Gasteiger partial charge is 0.228 e. The summed E-state index contributed by atoms with van der Waals surface area (Å²) in [5.74, 6) is 1.16. The van der Waals surface area contributed by atoms with Gasteiger partial charge in [-0.15, -0.1) is 5.10 Å². The van der Waals surface area contributed by atoms with Gasteiger partial charge in [-0.25, -0.2) is 4.68 Å². The standard InChI is InChI=1S/C21H30N6O2/c1-4-29-19-7-5-16(6-8-19)20-15-27(23-22-20)18-13-26(14-18)21(28)17-11-24(2)9-10-25(3)12-17/h5-8,15,17-18H,4,9-14H2,1-3H3. The Morgan fingerprint density at radius 1 is 1.07 bits per heavy atom. The Hall–Kier alpha value is -2.45. The van der Waals surface area contributed by atoms with Crippen molar-refractivity contribution in [3.8, 4) is 17.0 Å². The third-order valence-corrected chi connectivity index (χ3v) is 5.80. The molecule has 8 nitrogen and oxygen atoms in total. The first-order valence-electron chi connectivity index (χ1n) is 10.3. The van der Waals surface area contributed by atoms with Crippen LogP contribution in [0.2, 0.25) is 0 Å². The number of carbonyl (C=O) groups is 1. The van der Waals surface area contributed by atoms with Crippen LogP contribution in [0.15, 0.2) is 30.5 Å². The Morgan fingerprint density at radius 2 is 1.72 bits per heavy atom. The minimum Gasteiger partial charge on any atom is -0.494 e. The van der Waals surface area contributed by atoms with E-state index in [-0.39, 0.29) is 17.9 Å². The molecule has 8 heteroatoms. The number of rotatable bonds is 5.